The lowest BCUT2D eigenvalue weighted by Crippen LogP contribution is -2.25. The molecule has 1 amide bonds. The molecular formula is C18H19N3O. The number of nitrogens with zero attached hydrogens (tertiary/aromatic N) is 1. The maximum absolute atomic E-state index is 12.2. The van der Waals surface area contributed by atoms with Crippen molar-refractivity contribution in [2.45, 2.75) is 19.3 Å². The van der Waals surface area contributed by atoms with Crippen molar-refractivity contribution in [3.63, 3.8) is 0 Å². The second-order valence-corrected chi connectivity index (χ2v) is 5.32. The third-order valence-electron chi connectivity index (χ3n) is 3.71. The summed E-state index contributed by atoms with van der Waals surface area (Å²) in [5, 5.41) is 10.8. The average Bonchev–Trinajstić information content (AvgIpc) is 2.99. The van der Waals surface area contributed by atoms with E-state index < -0.39 is 0 Å². The molecule has 0 atom stereocenters. The van der Waals surface area contributed by atoms with Gasteiger partial charge in [0.15, 0.2) is 5.69 Å². The minimum atomic E-state index is -0.114. The Hall–Kier alpha value is -2.62. The molecule has 0 unspecified atom stereocenters. The molecule has 0 aliphatic rings. The van der Waals surface area contributed by atoms with E-state index in [9.17, 15) is 4.79 Å². The summed E-state index contributed by atoms with van der Waals surface area (Å²) in [6, 6.07) is 18.1. The van der Waals surface area contributed by atoms with Crippen LogP contribution >= 0.6 is 0 Å². The van der Waals surface area contributed by atoms with Crippen molar-refractivity contribution in [3.8, 4) is 0 Å². The summed E-state index contributed by atoms with van der Waals surface area (Å²) in [7, 11) is 0. The molecule has 1 aromatic heterocycles. The minimum absolute atomic E-state index is 0.114. The molecule has 2 aromatic carbocycles. The van der Waals surface area contributed by atoms with E-state index in [4.69, 9.17) is 0 Å². The zero-order chi connectivity index (χ0) is 15.2. The first-order valence-corrected chi connectivity index (χ1v) is 7.60. The number of fused-ring (bicyclic) bond motifs is 1. The molecule has 0 saturated heterocycles. The van der Waals surface area contributed by atoms with Gasteiger partial charge in [0.1, 0.15) is 0 Å². The molecule has 0 aliphatic heterocycles. The van der Waals surface area contributed by atoms with Gasteiger partial charge in [-0.15, -0.1) is 0 Å². The number of unbranched alkanes of at least 4 members (excludes halogenated alkanes) is 1. The fourth-order valence-corrected chi connectivity index (χ4v) is 2.52. The van der Waals surface area contributed by atoms with Gasteiger partial charge >= 0.3 is 0 Å². The molecule has 0 bridgehead atoms. The van der Waals surface area contributed by atoms with Gasteiger partial charge in [0.05, 0.1) is 5.52 Å². The molecule has 0 radical (unpaired) electrons. The van der Waals surface area contributed by atoms with Crippen LogP contribution in [0.25, 0.3) is 10.9 Å². The predicted molar refractivity (Wildman–Crippen MR) is 87.8 cm³/mol. The second kappa shape index (κ2) is 6.89. The van der Waals surface area contributed by atoms with Gasteiger partial charge in [0.25, 0.3) is 5.91 Å². The molecule has 3 aromatic rings. The van der Waals surface area contributed by atoms with Gasteiger partial charge in [-0.25, -0.2) is 0 Å². The number of H-pyrrole nitrogens is 1. The fourth-order valence-electron chi connectivity index (χ4n) is 2.52. The Bertz CT molecular complexity index is 749. The van der Waals surface area contributed by atoms with Crippen LogP contribution in [-0.4, -0.2) is 22.6 Å². The summed E-state index contributed by atoms with van der Waals surface area (Å²) in [6.45, 7) is 0.673. The molecule has 1 heterocycles. The molecule has 112 valence electrons. The van der Waals surface area contributed by atoms with Gasteiger partial charge in [-0.3, -0.25) is 9.89 Å². The van der Waals surface area contributed by atoms with Crippen LogP contribution in [0.5, 0.6) is 0 Å². The van der Waals surface area contributed by atoms with E-state index in [2.05, 4.69) is 39.8 Å². The lowest BCUT2D eigenvalue weighted by atomic mass is 10.1. The zero-order valence-electron chi connectivity index (χ0n) is 12.4. The van der Waals surface area contributed by atoms with Crippen LogP contribution < -0.4 is 5.32 Å². The van der Waals surface area contributed by atoms with E-state index in [-0.39, 0.29) is 5.91 Å². The Morgan fingerprint density at radius 1 is 1.00 bits per heavy atom. The van der Waals surface area contributed by atoms with Crippen LogP contribution in [0.3, 0.4) is 0 Å². The van der Waals surface area contributed by atoms with Gasteiger partial charge < -0.3 is 5.32 Å². The fraction of sp³-hybridized carbons (Fsp3) is 0.222. The van der Waals surface area contributed by atoms with E-state index in [0.717, 1.165) is 30.2 Å². The Balaban J connectivity index is 1.47. The van der Waals surface area contributed by atoms with Crippen molar-refractivity contribution in [3.05, 3.63) is 65.9 Å². The number of para-hydroxylation sites is 1. The molecule has 4 nitrogen and oxygen atoms in total. The van der Waals surface area contributed by atoms with Crippen molar-refractivity contribution in [2.75, 3.05) is 6.54 Å². The first kappa shape index (κ1) is 14.3. The van der Waals surface area contributed by atoms with Crippen LogP contribution in [0, 0.1) is 0 Å². The number of amides is 1. The van der Waals surface area contributed by atoms with Crippen LogP contribution in [0.15, 0.2) is 54.6 Å². The second-order valence-electron chi connectivity index (χ2n) is 5.32. The summed E-state index contributed by atoms with van der Waals surface area (Å²) in [5.74, 6) is -0.114. The monoisotopic (exact) mass is 293 g/mol. The van der Waals surface area contributed by atoms with Crippen LogP contribution in [0.4, 0.5) is 0 Å². The lowest BCUT2D eigenvalue weighted by Gasteiger charge is -2.04. The summed E-state index contributed by atoms with van der Waals surface area (Å²) in [4.78, 5) is 12.2. The van der Waals surface area contributed by atoms with Gasteiger partial charge in [0, 0.05) is 11.9 Å². The highest BCUT2D eigenvalue weighted by Crippen LogP contribution is 2.14. The first-order chi connectivity index (χ1) is 10.8. The van der Waals surface area contributed by atoms with Gasteiger partial charge in [0.2, 0.25) is 0 Å². The highest BCUT2D eigenvalue weighted by Gasteiger charge is 2.12. The van der Waals surface area contributed by atoms with Crippen LogP contribution in [-0.2, 0) is 6.42 Å². The van der Waals surface area contributed by atoms with Crippen LogP contribution in [0.2, 0.25) is 0 Å². The Labute approximate surface area is 129 Å². The highest BCUT2D eigenvalue weighted by molar-refractivity contribution is 6.04. The Morgan fingerprint density at radius 3 is 2.64 bits per heavy atom. The third kappa shape index (κ3) is 3.34. The minimum Gasteiger partial charge on any atom is -0.351 e. The maximum atomic E-state index is 12.2. The Kier molecular flexibility index (Phi) is 4.49. The summed E-state index contributed by atoms with van der Waals surface area (Å²) in [6.07, 6.45) is 3.07. The van der Waals surface area contributed by atoms with Gasteiger partial charge in [-0.1, -0.05) is 48.5 Å². The average molecular weight is 293 g/mol. The quantitative estimate of drug-likeness (QED) is 0.685. The van der Waals surface area contributed by atoms with Crippen molar-refractivity contribution in [2.24, 2.45) is 0 Å². The molecular weight excluding hydrogens is 274 g/mol. The number of aromatic amines is 1. The number of carbonyl (C=O) groups is 1. The summed E-state index contributed by atoms with van der Waals surface area (Å²) >= 11 is 0. The molecule has 2 N–H and O–H groups in total. The van der Waals surface area contributed by atoms with E-state index in [1.807, 2.05) is 30.3 Å². The molecule has 22 heavy (non-hydrogen) atoms. The standard InChI is InChI=1S/C18H19N3O/c22-18(17-15-11-4-5-12-16(15)20-21-17)19-13-7-6-10-14-8-2-1-3-9-14/h1-5,8-9,11-12H,6-7,10,13H2,(H,19,22)(H,20,21). The van der Waals surface area contributed by atoms with Crippen molar-refractivity contribution < 1.29 is 4.79 Å². The van der Waals surface area contributed by atoms with Gasteiger partial charge in [-0.2, -0.15) is 5.10 Å². The third-order valence-corrected chi connectivity index (χ3v) is 3.71. The number of rotatable bonds is 6. The van der Waals surface area contributed by atoms with E-state index >= 15 is 0 Å². The van der Waals surface area contributed by atoms with Crippen LogP contribution in [0.1, 0.15) is 28.9 Å². The molecule has 0 aliphatic carbocycles. The number of benzene rings is 2. The Morgan fingerprint density at radius 2 is 1.77 bits per heavy atom. The number of aromatic nitrogens is 2. The molecule has 3 rings (SSSR count). The number of hydrogen-bond acceptors (Lipinski definition) is 2. The van der Waals surface area contributed by atoms with E-state index in [1.54, 1.807) is 0 Å². The molecule has 0 spiro atoms. The number of carbonyl (C=O) groups excluding carboxylic acids is 1. The number of hydrogen-bond donors (Lipinski definition) is 2. The topological polar surface area (TPSA) is 57.8 Å². The lowest BCUT2D eigenvalue weighted by molar-refractivity contribution is 0.0949. The maximum Gasteiger partial charge on any atom is 0.272 e. The smallest absolute Gasteiger partial charge is 0.272 e. The predicted octanol–water partition coefficient (Wildman–Crippen LogP) is 3.32. The summed E-state index contributed by atoms with van der Waals surface area (Å²) in [5.41, 5.74) is 2.70. The largest absolute Gasteiger partial charge is 0.351 e. The van der Waals surface area contributed by atoms with Gasteiger partial charge in [-0.05, 0) is 30.9 Å². The molecule has 0 saturated carbocycles. The van der Waals surface area contributed by atoms with Crippen molar-refractivity contribution in [1.29, 1.82) is 0 Å². The molecule has 0 fully saturated rings. The van der Waals surface area contributed by atoms with E-state index in [1.165, 1.54) is 5.56 Å². The zero-order valence-corrected chi connectivity index (χ0v) is 12.4. The first-order valence-electron chi connectivity index (χ1n) is 7.60. The van der Waals surface area contributed by atoms with E-state index in [0.29, 0.717) is 12.2 Å². The SMILES string of the molecule is O=C(NCCCCc1ccccc1)c1n[nH]c2ccccc12. The highest BCUT2D eigenvalue weighted by atomic mass is 16.1. The number of aryl methyl sites for hydroxylation is 1. The van der Waals surface area contributed by atoms with Crippen molar-refractivity contribution in [1.82, 2.24) is 15.5 Å². The van der Waals surface area contributed by atoms with Crippen molar-refractivity contribution >= 4 is 16.8 Å². The summed E-state index contributed by atoms with van der Waals surface area (Å²) < 4.78 is 0. The molecule has 4 heteroatoms. The normalized spacial score (nSPS) is 10.7. The number of nitrogens with one attached hydrogen (secondary N) is 2.